The van der Waals surface area contributed by atoms with Crippen molar-refractivity contribution < 1.29 is 28.5 Å². The van der Waals surface area contributed by atoms with Gasteiger partial charge in [0.05, 0.1) is 62.0 Å². The van der Waals surface area contributed by atoms with E-state index in [4.69, 9.17) is 18.9 Å². The highest BCUT2D eigenvalue weighted by Crippen LogP contribution is 2.40. The summed E-state index contributed by atoms with van der Waals surface area (Å²) in [6.07, 6.45) is 9.51. The predicted molar refractivity (Wildman–Crippen MR) is 155 cm³/mol. The molecule has 0 radical (unpaired) electrons. The van der Waals surface area contributed by atoms with Gasteiger partial charge in [-0.05, 0) is 38.8 Å². The third-order valence-electron chi connectivity index (χ3n) is 7.56. The van der Waals surface area contributed by atoms with Crippen LogP contribution in [-0.4, -0.2) is 73.6 Å². The Morgan fingerprint density at radius 2 is 1.15 bits per heavy atom. The highest BCUT2D eigenvalue weighted by atomic mass is 16.5. The molecule has 2 atom stereocenters. The molecule has 10 nitrogen and oxygen atoms in total. The van der Waals surface area contributed by atoms with Gasteiger partial charge in [-0.2, -0.15) is 0 Å². The molecule has 1 unspecified atom stereocenters. The highest BCUT2D eigenvalue weighted by molar-refractivity contribution is 6.05. The first-order valence-electron chi connectivity index (χ1n) is 13.6. The van der Waals surface area contributed by atoms with Crippen LogP contribution in [0, 0.1) is 0 Å². The topological polar surface area (TPSA) is 102 Å². The molecule has 2 aromatic carbocycles. The second-order valence-corrected chi connectivity index (χ2v) is 10.6. The van der Waals surface area contributed by atoms with Crippen LogP contribution in [0.2, 0.25) is 0 Å². The molecule has 0 N–H and O–H groups in total. The first-order chi connectivity index (χ1) is 19.9. The number of benzene rings is 2. The Morgan fingerprint density at radius 1 is 0.707 bits per heavy atom. The molecule has 0 spiro atoms. The third-order valence-corrected chi connectivity index (χ3v) is 7.56. The molecule has 2 amide bonds. The van der Waals surface area contributed by atoms with Crippen molar-refractivity contribution in [3.63, 3.8) is 0 Å². The fourth-order valence-corrected chi connectivity index (χ4v) is 5.53. The van der Waals surface area contributed by atoms with E-state index in [2.05, 4.69) is 9.98 Å². The van der Waals surface area contributed by atoms with Crippen LogP contribution in [0.25, 0.3) is 0 Å². The van der Waals surface area contributed by atoms with Gasteiger partial charge < -0.3 is 28.7 Å². The van der Waals surface area contributed by atoms with E-state index in [9.17, 15) is 9.59 Å². The first-order valence-corrected chi connectivity index (χ1v) is 13.6. The molecule has 2 aromatic rings. The molecular weight excluding hydrogens is 524 g/mol. The summed E-state index contributed by atoms with van der Waals surface area (Å²) >= 11 is 0. The van der Waals surface area contributed by atoms with Gasteiger partial charge in [0.2, 0.25) is 0 Å². The van der Waals surface area contributed by atoms with Gasteiger partial charge in [-0.15, -0.1) is 0 Å². The van der Waals surface area contributed by atoms with Crippen molar-refractivity contribution in [1.29, 1.82) is 0 Å². The zero-order valence-electron chi connectivity index (χ0n) is 23.5. The van der Waals surface area contributed by atoms with Crippen LogP contribution in [0.5, 0.6) is 23.0 Å². The fourth-order valence-electron chi connectivity index (χ4n) is 5.53. The van der Waals surface area contributed by atoms with Gasteiger partial charge in [-0.1, -0.05) is 11.1 Å². The van der Waals surface area contributed by atoms with Crippen molar-refractivity contribution in [2.45, 2.75) is 45.2 Å². The van der Waals surface area contributed by atoms with Gasteiger partial charge in [0.1, 0.15) is 0 Å². The minimum absolute atomic E-state index is 0.0747. The van der Waals surface area contributed by atoms with Crippen molar-refractivity contribution in [3.8, 4) is 23.0 Å². The maximum Gasteiger partial charge on any atom is 0.260 e. The van der Waals surface area contributed by atoms with Gasteiger partial charge in [0.25, 0.3) is 11.8 Å². The summed E-state index contributed by atoms with van der Waals surface area (Å²) in [6.45, 7) is 4.71. The maximum atomic E-state index is 13.2. The first kappa shape index (κ1) is 26.6. The minimum atomic E-state index is -0.106. The quantitative estimate of drug-likeness (QED) is 0.413. The van der Waals surface area contributed by atoms with Gasteiger partial charge in [0.15, 0.2) is 23.0 Å². The van der Waals surface area contributed by atoms with Crippen LogP contribution in [0.4, 0.5) is 11.4 Å². The van der Waals surface area contributed by atoms with Crippen molar-refractivity contribution in [3.05, 3.63) is 58.9 Å². The number of nitrogens with zero attached hydrogens (tertiary/aromatic N) is 4. The van der Waals surface area contributed by atoms with Crippen LogP contribution in [-0.2, 0) is 0 Å². The Hall–Kier alpha value is -4.60. The summed E-state index contributed by atoms with van der Waals surface area (Å²) in [7, 11) is 3.09. The number of ether oxygens (including phenoxy) is 4. The van der Waals surface area contributed by atoms with Crippen LogP contribution >= 0.6 is 0 Å². The Kier molecular flexibility index (Phi) is 6.98. The lowest BCUT2D eigenvalue weighted by Crippen LogP contribution is -2.32. The number of aliphatic imine (C=N–C) groups is 2. The van der Waals surface area contributed by atoms with E-state index >= 15 is 0 Å². The highest BCUT2D eigenvalue weighted by Gasteiger charge is 2.33. The summed E-state index contributed by atoms with van der Waals surface area (Å²) in [6, 6.07) is 6.72. The number of fused-ring (bicyclic) bond motifs is 4. The van der Waals surface area contributed by atoms with E-state index in [1.54, 1.807) is 48.3 Å². The van der Waals surface area contributed by atoms with Crippen LogP contribution in [0.1, 0.15) is 53.8 Å². The molecule has 6 rings (SSSR count). The normalized spacial score (nSPS) is 20.4. The number of hydrogen-bond donors (Lipinski definition) is 0. The lowest BCUT2D eigenvalue weighted by molar-refractivity contribution is 0.0809. The maximum absolute atomic E-state index is 13.2. The minimum Gasteiger partial charge on any atom is -0.493 e. The zero-order chi connectivity index (χ0) is 28.7. The van der Waals surface area contributed by atoms with Gasteiger partial charge in [0, 0.05) is 43.4 Å². The summed E-state index contributed by atoms with van der Waals surface area (Å²) < 4.78 is 23.1. The number of hydrogen-bond acceptors (Lipinski definition) is 8. The Bertz CT molecular complexity index is 1430. The van der Waals surface area contributed by atoms with E-state index < -0.39 is 0 Å². The second kappa shape index (κ2) is 10.8. The molecular formula is C31H32N4O6. The number of carbonyl (C=O) groups is 2. The molecule has 41 heavy (non-hydrogen) atoms. The zero-order valence-corrected chi connectivity index (χ0v) is 23.5. The predicted octanol–water partition coefficient (Wildman–Crippen LogP) is 5.22. The van der Waals surface area contributed by atoms with Crippen molar-refractivity contribution >= 4 is 35.6 Å². The van der Waals surface area contributed by atoms with Gasteiger partial charge in [-0.3, -0.25) is 19.6 Å². The van der Waals surface area contributed by atoms with E-state index in [1.807, 2.05) is 38.7 Å². The summed E-state index contributed by atoms with van der Waals surface area (Å²) in [4.78, 5) is 39.0. The van der Waals surface area contributed by atoms with E-state index in [0.717, 1.165) is 24.0 Å². The van der Waals surface area contributed by atoms with Crippen molar-refractivity contribution in [1.82, 2.24) is 9.80 Å². The molecule has 212 valence electrons. The number of carbonyl (C=O) groups excluding carboxylic acids is 2. The number of rotatable bonds is 8. The average Bonchev–Trinajstić information content (AvgIpc) is 3.48. The number of amides is 2. The molecule has 4 aliphatic rings. The molecule has 10 heteroatoms. The summed E-state index contributed by atoms with van der Waals surface area (Å²) in [5.41, 5.74) is 4.35. The molecule has 0 aromatic heterocycles. The van der Waals surface area contributed by atoms with Gasteiger partial charge >= 0.3 is 0 Å². The summed E-state index contributed by atoms with van der Waals surface area (Å²) in [5.74, 6) is 1.73. The smallest absolute Gasteiger partial charge is 0.260 e. The SMILES string of the molecule is COc1cc2c(cc1OCCCOc1cc3c(cc1OC)C(=O)N1C=C(C)C[C@H]1C=N3)N=CC1CC(C)=CN1C2=O. The second-order valence-electron chi connectivity index (χ2n) is 10.6. The fraction of sp³-hybridized carbons (Fsp3) is 0.355. The molecule has 0 saturated heterocycles. The molecule has 0 saturated carbocycles. The van der Waals surface area contributed by atoms with Gasteiger partial charge in [-0.25, -0.2) is 0 Å². The van der Waals surface area contributed by atoms with E-state index in [-0.39, 0.29) is 23.9 Å². The van der Waals surface area contributed by atoms with E-state index in [1.165, 1.54) is 0 Å². The molecule has 4 heterocycles. The molecule has 4 aliphatic heterocycles. The Balaban J connectivity index is 1.11. The Labute approximate surface area is 238 Å². The van der Waals surface area contributed by atoms with E-state index in [0.29, 0.717) is 65.1 Å². The largest absolute Gasteiger partial charge is 0.493 e. The molecule has 0 bridgehead atoms. The van der Waals surface area contributed by atoms with Crippen LogP contribution in [0.3, 0.4) is 0 Å². The third kappa shape index (κ3) is 4.94. The lowest BCUT2D eigenvalue weighted by Gasteiger charge is -2.19. The monoisotopic (exact) mass is 556 g/mol. The average molecular weight is 557 g/mol. The summed E-state index contributed by atoms with van der Waals surface area (Å²) in [5, 5.41) is 0. The number of methoxy groups -OCH3 is 2. The molecule has 0 aliphatic carbocycles. The van der Waals surface area contributed by atoms with Crippen LogP contribution < -0.4 is 18.9 Å². The molecule has 0 fully saturated rings. The van der Waals surface area contributed by atoms with Crippen molar-refractivity contribution in [2.24, 2.45) is 9.98 Å². The van der Waals surface area contributed by atoms with Crippen molar-refractivity contribution in [2.75, 3.05) is 27.4 Å². The van der Waals surface area contributed by atoms with Crippen LogP contribution in [0.15, 0.2) is 57.8 Å². The lowest BCUT2D eigenvalue weighted by atomic mass is 10.1. The Morgan fingerprint density at radius 3 is 1.56 bits per heavy atom. The standard InChI is InChI=1S/C31H32N4O6/c1-18-8-20-14-32-24-12-28(26(38-3)10-22(24)30(36)34(20)16-18)40-6-5-7-41-29-13-25-23(11-27(29)39-4)31(37)35-17-19(2)9-21(35)15-33-25/h10-17,20-21H,5-9H2,1-4H3/t20-,21?/m0/s1.